The quantitative estimate of drug-likeness (QED) is 0.860. The molecule has 0 spiro atoms. The number of para-hydroxylation sites is 1. The molecule has 0 aromatic heterocycles. The first-order valence-corrected chi connectivity index (χ1v) is 8.71. The van der Waals surface area contributed by atoms with Crippen LogP contribution in [0.4, 0.5) is 5.69 Å². The Morgan fingerprint density at radius 3 is 2.33 bits per heavy atom. The van der Waals surface area contributed by atoms with Gasteiger partial charge in [0.1, 0.15) is 0 Å². The summed E-state index contributed by atoms with van der Waals surface area (Å²) in [4.78, 5) is 0.318. The maximum Gasteiger partial charge on any atom is 0.177 e. The van der Waals surface area contributed by atoms with Crippen LogP contribution < -0.4 is 11.1 Å². The maximum absolute atomic E-state index is 11.7. The zero-order chi connectivity index (χ0) is 15.3. The van der Waals surface area contributed by atoms with E-state index in [1.807, 2.05) is 36.4 Å². The lowest BCUT2D eigenvalue weighted by molar-refractivity contribution is 0.602. The van der Waals surface area contributed by atoms with Crippen molar-refractivity contribution in [2.45, 2.75) is 17.4 Å². The number of nitrogens with one attached hydrogen (secondary N) is 1. The van der Waals surface area contributed by atoms with Gasteiger partial charge in [-0.25, -0.2) is 8.42 Å². The molecule has 0 saturated heterocycles. The molecule has 0 bridgehead atoms. The van der Waals surface area contributed by atoms with E-state index in [0.717, 1.165) is 12.0 Å². The molecule has 0 fully saturated rings. The van der Waals surface area contributed by atoms with Gasteiger partial charge in [-0.3, -0.25) is 0 Å². The van der Waals surface area contributed by atoms with Crippen molar-refractivity contribution < 1.29 is 8.42 Å². The van der Waals surface area contributed by atoms with Crippen LogP contribution in [-0.2, 0) is 9.84 Å². The molecule has 4 nitrogen and oxygen atoms in total. The third kappa shape index (κ3) is 4.31. The SMILES string of the molecule is CS(=O)(=O)c1ccccc1NCCC(N)c1ccccc1. The molecule has 0 heterocycles. The zero-order valence-corrected chi connectivity index (χ0v) is 12.8. The summed E-state index contributed by atoms with van der Waals surface area (Å²) in [5, 5.41) is 3.16. The Morgan fingerprint density at radius 1 is 1.05 bits per heavy atom. The molecule has 0 aliphatic rings. The molecule has 0 aliphatic carbocycles. The summed E-state index contributed by atoms with van der Waals surface area (Å²) >= 11 is 0. The summed E-state index contributed by atoms with van der Waals surface area (Å²) in [5.74, 6) is 0. The Balaban J connectivity index is 1.99. The summed E-state index contributed by atoms with van der Waals surface area (Å²) < 4.78 is 23.4. The van der Waals surface area contributed by atoms with Crippen molar-refractivity contribution in [2.75, 3.05) is 18.1 Å². The van der Waals surface area contributed by atoms with E-state index < -0.39 is 9.84 Å². The average Bonchev–Trinajstić information content (AvgIpc) is 2.47. The highest BCUT2D eigenvalue weighted by Gasteiger charge is 2.12. The average molecular weight is 304 g/mol. The summed E-state index contributed by atoms with van der Waals surface area (Å²) in [7, 11) is -3.23. The maximum atomic E-state index is 11.7. The standard InChI is InChI=1S/C16H20N2O2S/c1-21(19,20)16-10-6-5-9-15(16)18-12-11-14(17)13-7-3-2-4-8-13/h2-10,14,18H,11-12,17H2,1H3. The molecular weight excluding hydrogens is 284 g/mol. The van der Waals surface area contributed by atoms with Crippen molar-refractivity contribution in [3.8, 4) is 0 Å². The molecule has 0 aliphatic heterocycles. The smallest absolute Gasteiger partial charge is 0.177 e. The summed E-state index contributed by atoms with van der Waals surface area (Å²) in [6.07, 6.45) is 1.94. The normalized spacial score (nSPS) is 12.9. The fraction of sp³-hybridized carbons (Fsp3) is 0.250. The Hall–Kier alpha value is -1.85. The molecular formula is C16H20N2O2S. The van der Waals surface area contributed by atoms with Crippen LogP contribution in [0.2, 0.25) is 0 Å². The topological polar surface area (TPSA) is 72.2 Å². The zero-order valence-electron chi connectivity index (χ0n) is 12.0. The Kier molecular flexibility index (Phi) is 4.98. The van der Waals surface area contributed by atoms with Crippen LogP contribution in [0.15, 0.2) is 59.5 Å². The van der Waals surface area contributed by atoms with Crippen LogP contribution in [0.5, 0.6) is 0 Å². The van der Waals surface area contributed by atoms with Crippen molar-refractivity contribution in [1.29, 1.82) is 0 Å². The van der Waals surface area contributed by atoms with Gasteiger partial charge in [0.15, 0.2) is 9.84 Å². The van der Waals surface area contributed by atoms with Gasteiger partial charge < -0.3 is 11.1 Å². The minimum atomic E-state index is -3.23. The van der Waals surface area contributed by atoms with Crippen molar-refractivity contribution in [3.63, 3.8) is 0 Å². The number of benzene rings is 2. The van der Waals surface area contributed by atoms with Gasteiger partial charge in [-0.1, -0.05) is 42.5 Å². The predicted octanol–water partition coefficient (Wildman–Crippen LogP) is 2.59. The molecule has 2 aromatic carbocycles. The van der Waals surface area contributed by atoms with Crippen LogP contribution in [0.3, 0.4) is 0 Å². The van der Waals surface area contributed by atoms with Crippen LogP contribution in [0, 0.1) is 0 Å². The van der Waals surface area contributed by atoms with Crippen molar-refractivity contribution in [3.05, 3.63) is 60.2 Å². The van der Waals surface area contributed by atoms with Gasteiger partial charge in [0.2, 0.25) is 0 Å². The van der Waals surface area contributed by atoms with E-state index in [0.29, 0.717) is 17.1 Å². The molecule has 5 heteroatoms. The second kappa shape index (κ2) is 6.74. The largest absolute Gasteiger partial charge is 0.384 e. The first-order chi connectivity index (χ1) is 9.98. The van der Waals surface area contributed by atoms with E-state index in [2.05, 4.69) is 5.32 Å². The highest BCUT2D eigenvalue weighted by Crippen LogP contribution is 2.21. The van der Waals surface area contributed by atoms with E-state index in [-0.39, 0.29) is 6.04 Å². The second-order valence-corrected chi connectivity index (χ2v) is 6.99. The van der Waals surface area contributed by atoms with E-state index in [1.165, 1.54) is 6.26 Å². The number of nitrogens with two attached hydrogens (primary N) is 1. The fourth-order valence-electron chi connectivity index (χ4n) is 2.17. The van der Waals surface area contributed by atoms with E-state index in [4.69, 9.17) is 5.73 Å². The van der Waals surface area contributed by atoms with Crippen LogP contribution in [0.25, 0.3) is 0 Å². The number of hydrogen-bond acceptors (Lipinski definition) is 4. The van der Waals surface area contributed by atoms with Gasteiger partial charge in [0, 0.05) is 18.8 Å². The Morgan fingerprint density at radius 2 is 1.67 bits per heavy atom. The van der Waals surface area contributed by atoms with Gasteiger partial charge in [-0.15, -0.1) is 0 Å². The monoisotopic (exact) mass is 304 g/mol. The third-order valence-electron chi connectivity index (χ3n) is 3.29. The number of hydrogen-bond donors (Lipinski definition) is 2. The summed E-state index contributed by atoms with van der Waals surface area (Å²) in [5.41, 5.74) is 7.83. The summed E-state index contributed by atoms with van der Waals surface area (Å²) in [6.45, 7) is 0.614. The number of rotatable bonds is 6. The van der Waals surface area contributed by atoms with Crippen molar-refractivity contribution in [2.24, 2.45) is 5.73 Å². The number of anilines is 1. The minimum absolute atomic E-state index is 0.0657. The molecule has 3 N–H and O–H groups in total. The molecule has 112 valence electrons. The summed E-state index contributed by atoms with van der Waals surface area (Å²) in [6, 6.07) is 16.7. The molecule has 1 unspecified atom stereocenters. The van der Waals surface area contributed by atoms with E-state index in [1.54, 1.807) is 18.2 Å². The van der Waals surface area contributed by atoms with Gasteiger partial charge in [-0.05, 0) is 24.1 Å². The Labute approximate surface area is 125 Å². The minimum Gasteiger partial charge on any atom is -0.384 e. The fourth-order valence-corrected chi connectivity index (χ4v) is 3.03. The Bertz CT molecular complexity index is 684. The first-order valence-electron chi connectivity index (χ1n) is 6.82. The lowest BCUT2D eigenvalue weighted by Crippen LogP contribution is -2.16. The molecule has 0 amide bonds. The lowest BCUT2D eigenvalue weighted by Gasteiger charge is -2.14. The highest BCUT2D eigenvalue weighted by atomic mass is 32.2. The third-order valence-corrected chi connectivity index (χ3v) is 4.44. The first kappa shape index (κ1) is 15.5. The van der Waals surface area contributed by atoms with Gasteiger partial charge >= 0.3 is 0 Å². The molecule has 2 aromatic rings. The number of sulfone groups is 1. The van der Waals surface area contributed by atoms with Gasteiger partial charge in [0.05, 0.1) is 10.6 Å². The molecule has 1 atom stereocenters. The van der Waals surface area contributed by atoms with Crippen molar-refractivity contribution in [1.82, 2.24) is 0 Å². The van der Waals surface area contributed by atoms with E-state index in [9.17, 15) is 8.42 Å². The predicted molar refractivity (Wildman–Crippen MR) is 86.0 cm³/mol. The van der Waals surface area contributed by atoms with Crippen LogP contribution in [0.1, 0.15) is 18.0 Å². The molecule has 0 radical (unpaired) electrons. The molecule has 21 heavy (non-hydrogen) atoms. The lowest BCUT2D eigenvalue weighted by atomic mass is 10.1. The van der Waals surface area contributed by atoms with E-state index >= 15 is 0 Å². The van der Waals surface area contributed by atoms with Crippen LogP contribution in [-0.4, -0.2) is 21.2 Å². The van der Waals surface area contributed by atoms with Crippen molar-refractivity contribution >= 4 is 15.5 Å². The second-order valence-electron chi connectivity index (χ2n) is 5.00. The van der Waals surface area contributed by atoms with Gasteiger partial charge in [-0.2, -0.15) is 0 Å². The van der Waals surface area contributed by atoms with Gasteiger partial charge in [0.25, 0.3) is 0 Å². The molecule has 2 rings (SSSR count). The highest BCUT2D eigenvalue weighted by molar-refractivity contribution is 7.90. The van der Waals surface area contributed by atoms with Crippen LogP contribution >= 0.6 is 0 Å². The molecule has 0 saturated carbocycles.